The van der Waals surface area contributed by atoms with Crippen LogP contribution in [0.25, 0.3) is 44.7 Å². The molecule has 0 amide bonds. The van der Waals surface area contributed by atoms with Gasteiger partial charge >= 0.3 is 11.8 Å². The number of halogens is 1. The van der Waals surface area contributed by atoms with E-state index in [0.29, 0.717) is 28.2 Å². The maximum absolute atomic E-state index is 13.0. The van der Waals surface area contributed by atoms with Gasteiger partial charge in [-0.3, -0.25) is 0 Å². The first-order valence-corrected chi connectivity index (χ1v) is 17.5. The molecule has 7 N–H and O–H groups in total. The fraction of sp³-hybridized carbons (Fsp3) is 0.444. The van der Waals surface area contributed by atoms with E-state index in [-0.39, 0.29) is 33.3 Å². The minimum atomic E-state index is -0.727. The summed E-state index contributed by atoms with van der Waals surface area (Å²) in [4.78, 5) is 69.7. The van der Waals surface area contributed by atoms with Crippen LogP contribution in [0.3, 0.4) is 0 Å². The SMILES string of the molecule is CC(C)(C)c1[nH]c(=O)nc2nc[nH]c12.CC(C)(C)c1nc(F)nc2nc[nH]c12.CC(C)(C)c1nc(N)nc2nc[nH]c12.CC(C)(C)c1ncnc2nc[nH]c12. The van der Waals surface area contributed by atoms with Crippen LogP contribution in [0.4, 0.5) is 10.3 Å². The Morgan fingerprint density at radius 3 is 1.44 bits per heavy atom. The van der Waals surface area contributed by atoms with Crippen molar-refractivity contribution >= 4 is 50.6 Å². The fourth-order valence-electron chi connectivity index (χ4n) is 5.49. The molecule has 19 heteroatoms. The number of hydrogen-bond donors (Lipinski definition) is 6. The second-order valence-corrected chi connectivity index (χ2v) is 16.8. The zero-order valence-electron chi connectivity index (χ0n) is 33.2. The van der Waals surface area contributed by atoms with Gasteiger partial charge in [-0.05, 0) is 0 Å². The Labute approximate surface area is 315 Å². The Balaban J connectivity index is 0.000000141. The van der Waals surface area contributed by atoms with Crippen LogP contribution in [0, 0.1) is 6.08 Å². The largest absolute Gasteiger partial charge is 0.368 e. The molecule has 55 heavy (non-hydrogen) atoms. The van der Waals surface area contributed by atoms with Crippen molar-refractivity contribution in [3.63, 3.8) is 0 Å². The zero-order chi connectivity index (χ0) is 40.5. The number of H-pyrrole nitrogens is 5. The third-order valence-electron chi connectivity index (χ3n) is 7.97. The normalized spacial score (nSPS) is 12.2. The van der Waals surface area contributed by atoms with Gasteiger partial charge in [0.1, 0.15) is 28.4 Å². The fourth-order valence-corrected chi connectivity index (χ4v) is 5.49. The Morgan fingerprint density at radius 1 is 0.491 bits per heavy atom. The zero-order valence-corrected chi connectivity index (χ0v) is 33.2. The molecular formula is C36H48FN17O. The summed E-state index contributed by atoms with van der Waals surface area (Å²) in [6, 6.07) is 0. The minimum Gasteiger partial charge on any atom is -0.368 e. The van der Waals surface area contributed by atoms with Crippen molar-refractivity contribution in [3.8, 4) is 0 Å². The van der Waals surface area contributed by atoms with Gasteiger partial charge in [-0.1, -0.05) is 83.1 Å². The molecule has 8 rings (SSSR count). The van der Waals surface area contributed by atoms with E-state index in [1.807, 2.05) is 41.5 Å². The van der Waals surface area contributed by atoms with Crippen LogP contribution in [0.1, 0.15) is 106 Å². The van der Waals surface area contributed by atoms with Crippen LogP contribution in [0.2, 0.25) is 0 Å². The highest BCUT2D eigenvalue weighted by Gasteiger charge is 2.24. The van der Waals surface area contributed by atoms with E-state index in [2.05, 4.69) is 121 Å². The summed E-state index contributed by atoms with van der Waals surface area (Å²) in [7, 11) is 0. The molecule has 0 aromatic carbocycles. The Morgan fingerprint density at radius 2 is 0.927 bits per heavy atom. The summed E-state index contributed by atoms with van der Waals surface area (Å²) in [5.74, 6) is 0.273. The highest BCUT2D eigenvalue weighted by Crippen LogP contribution is 2.28. The molecule has 0 saturated carbocycles. The molecule has 8 heterocycles. The van der Waals surface area contributed by atoms with Gasteiger partial charge in [-0.2, -0.15) is 19.3 Å². The molecule has 18 nitrogen and oxygen atoms in total. The second kappa shape index (κ2) is 14.9. The average molecular weight is 754 g/mol. The van der Waals surface area contributed by atoms with Gasteiger partial charge in [0.05, 0.1) is 48.1 Å². The Kier molecular flexibility index (Phi) is 10.8. The number of nitrogen functional groups attached to an aromatic ring is 1. The maximum Gasteiger partial charge on any atom is 0.347 e. The number of aromatic amines is 5. The topological polar surface area (TPSA) is 264 Å². The third kappa shape index (κ3) is 9.28. The summed E-state index contributed by atoms with van der Waals surface area (Å²) in [5.41, 5.74) is 13.8. The minimum absolute atomic E-state index is 0.0216. The molecular weight excluding hydrogens is 706 g/mol. The van der Waals surface area contributed by atoms with E-state index in [9.17, 15) is 9.18 Å². The van der Waals surface area contributed by atoms with Gasteiger partial charge in [0.25, 0.3) is 0 Å². The molecule has 0 fully saturated rings. The molecule has 8 aromatic heterocycles. The molecule has 290 valence electrons. The van der Waals surface area contributed by atoms with Crippen molar-refractivity contribution in [2.75, 3.05) is 5.73 Å². The standard InChI is InChI=1S/C9H11FN4.C9H13N5.C9H12N4O.C9H12N4/c2*1-9(2,3)6-5-7(12-4-11-5)14-8(10)13-6;1-9(2,3)6-5-7(11-4-10-5)13-8(14)12-6;1-9(2,3)7-6-8(12-4-10-6)13-5-11-7/h4H,1-3H3,(H,11,12,13,14);4H,1-3H3,(H3,10,11,12,13,14);4H,1-3H3,(H2,10,11,12,13,14);4-5H,1-3H3,(H,10,11,12,13). The van der Waals surface area contributed by atoms with Crippen LogP contribution in [0.15, 0.2) is 36.4 Å². The number of aromatic nitrogens is 16. The lowest BCUT2D eigenvalue weighted by Crippen LogP contribution is -2.22. The molecule has 0 saturated heterocycles. The van der Waals surface area contributed by atoms with Crippen molar-refractivity contribution in [1.82, 2.24) is 79.7 Å². The Hall–Kier alpha value is -6.27. The van der Waals surface area contributed by atoms with E-state index >= 15 is 0 Å². The number of nitrogens with zero attached hydrogens (tertiary/aromatic N) is 11. The molecule has 0 spiro atoms. The van der Waals surface area contributed by atoms with Gasteiger partial charge in [0.2, 0.25) is 5.95 Å². The van der Waals surface area contributed by atoms with Crippen molar-refractivity contribution in [3.05, 3.63) is 71.0 Å². The van der Waals surface area contributed by atoms with Gasteiger partial charge in [0.15, 0.2) is 22.6 Å². The quantitative estimate of drug-likeness (QED) is 0.103. The Bertz CT molecular complexity index is 2510. The summed E-state index contributed by atoms with van der Waals surface area (Å²) in [6.45, 7) is 24.6. The number of imidazole rings is 4. The van der Waals surface area contributed by atoms with Crippen LogP contribution < -0.4 is 11.4 Å². The van der Waals surface area contributed by atoms with Crippen LogP contribution in [-0.2, 0) is 21.7 Å². The van der Waals surface area contributed by atoms with Gasteiger partial charge in [-0.25, -0.2) is 44.7 Å². The van der Waals surface area contributed by atoms with Gasteiger partial charge < -0.3 is 30.7 Å². The lowest BCUT2D eigenvalue weighted by molar-refractivity contribution is 0.504. The first kappa shape index (κ1) is 39.9. The number of nitrogens with one attached hydrogen (secondary N) is 5. The number of nitrogens with two attached hydrogens (primary N) is 1. The highest BCUT2D eigenvalue weighted by molar-refractivity contribution is 5.76. The first-order chi connectivity index (χ1) is 25.5. The third-order valence-corrected chi connectivity index (χ3v) is 7.97. The second-order valence-electron chi connectivity index (χ2n) is 16.8. The highest BCUT2D eigenvalue weighted by atomic mass is 19.1. The molecule has 0 aliphatic carbocycles. The number of fused-ring (bicyclic) bond motifs is 4. The van der Waals surface area contributed by atoms with E-state index in [1.54, 1.807) is 25.3 Å². The molecule has 0 aliphatic rings. The average Bonchev–Trinajstić information content (AvgIpc) is 3.89. The van der Waals surface area contributed by atoms with Crippen LogP contribution in [0.5, 0.6) is 0 Å². The van der Waals surface area contributed by atoms with Crippen LogP contribution in [-0.4, -0.2) is 79.7 Å². The summed E-state index contributed by atoms with van der Waals surface area (Å²) in [5, 5.41) is 0. The summed E-state index contributed by atoms with van der Waals surface area (Å²) < 4.78 is 13.0. The van der Waals surface area contributed by atoms with E-state index in [4.69, 9.17) is 5.73 Å². The predicted molar refractivity (Wildman–Crippen MR) is 209 cm³/mol. The van der Waals surface area contributed by atoms with E-state index in [0.717, 1.165) is 39.3 Å². The number of anilines is 1. The molecule has 0 atom stereocenters. The van der Waals surface area contributed by atoms with Gasteiger partial charge in [0, 0.05) is 21.7 Å². The molecule has 0 unspecified atom stereocenters. The lowest BCUT2D eigenvalue weighted by atomic mass is 9.91. The van der Waals surface area contributed by atoms with E-state index in [1.165, 1.54) is 6.33 Å². The molecule has 0 bridgehead atoms. The number of hydrogen-bond acceptors (Lipinski definition) is 13. The monoisotopic (exact) mass is 753 g/mol. The summed E-state index contributed by atoms with van der Waals surface area (Å²) >= 11 is 0. The van der Waals surface area contributed by atoms with Gasteiger partial charge in [-0.15, -0.1) is 0 Å². The van der Waals surface area contributed by atoms with Crippen molar-refractivity contribution in [1.29, 1.82) is 0 Å². The summed E-state index contributed by atoms with van der Waals surface area (Å²) in [6.07, 6.45) is 7.12. The molecule has 8 aromatic rings. The lowest BCUT2D eigenvalue weighted by Gasteiger charge is -2.18. The first-order valence-electron chi connectivity index (χ1n) is 17.5. The van der Waals surface area contributed by atoms with Crippen molar-refractivity contribution < 1.29 is 4.39 Å². The number of rotatable bonds is 0. The van der Waals surface area contributed by atoms with E-state index < -0.39 is 6.08 Å². The van der Waals surface area contributed by atoms with Crippen molar-refractivity contribution in [2.24, 2.45) is 0 Å². The predicted octanol–water partition coefficient (Wildman–Crippen LogP) is 5.62. The van der Waals surface area contributed by atoms with Crippen molar-refractivity contribution in [2.45, 2.75) is 105 Å². The molecule has 0 radical (unpaired) electrons. The van der Waals surface area contributed by atoms with Crippen LogP contribution >= 0.6 is 0 Å². The smallest absolute Gasteiger partial charge is 0.347 e. The molecule has 0 aliphatic heterocycles. The maximum atomic E-state index is 13.0.